The summed E-state index contributed by atoms with van der Waals surface area (Å²) in [6.07, 6.45) is 1.50. The predicted molar refractivity (Wildman–Crippen MR) is 77.5 cm³/mol. The van der Waals surface area contributed by atoms with Gasteiger partial charge in [0.1, 0.15) is 11.3 Å². The topological polar surface area (TPSA) is 83.8 Å². The number of sulfonamides is 1. The molecule has 1 N–H and O–H groups in total. The molecule has 0 fully saturated rings. The lowest BCUT2D eigenvalue weighted by molar-refractivity contribution is -0.0447. The van der Waals surface area contributed by atoms with Crippen molar-refractivity contribution in [3.63, 3.8) is 0 Å². The molecule has 0 spiro atoms. The quantitative estimate of drug-likeness (QED) is 0.808. The van der Waals surface area contributed by atoms with E-state index in [0.29, 0.717) is 11.3 Å². The van der Waals surface area contributed by atoms with Crippen LogP contribution in [0.1, 0.15) is 22.6 Å². The minimum Gasteiger partial charge on any atom is -0.331 e. The summed E-state index contributed by atoms with van der Waals surface area (Å²) in [5.74, 6) is -0.292. The van der Waals surface area contributed by atoms with Crippen molar-refractivity contribution in [2.45, 2.75) is 18.5 Å². The first-order valence-electron chi connectivity index (χ1n) is 7.01. The van der Waals surface area contributed by atoms with Crippen LogP contribution in [0, 0.1) is 0 Å². The van der Waals surface area contributed by atoms with E-state index >= 15 is 0 Å². The summed E-state index contributed by atoms with van der Waals surface area (Å²) >= 11 is 0. The number of pyridine rings is 1. The average Bonchev–Trinajstić information content (AvgIpc) is 2.93. The summed E-state index contributed by atoms with van der Waals surface area (Å²) in [4.78, 5) is 17.9. The van der Waals surface area contributed by atoms with Crippen LogP contribution in [-0.4, -0.2) is 47.2 Å². The highest BCUT2D eigenvalue weighted by molar-refractivity contribution is 7.90. The molecule has 0 aliphatic carbocycles. The molecule has 11 heteroatoms. The van der Waals surface area contributed by atoms with E-state index < -0.39 is 22.1 Å². The maximum absolute atomic E-state index is 12.4. The number of hydrogen-bond donors (Lipinski definition) is 1. The van der Waals surface area contributed by atoms with Crippen LogP contribution in [0.5, 0.6) is 0 Å². The third kappa shape index (κ3) is 2.84. The smallest absolute Gasteiger partial charge is 0.331 e. The number of imidazole rings is 1. The molecule has 0 unspecified atom stereocenters. The summed E-state index contributed by atoms with van der Waals surface area (Å²) in [5, 5.41) is 0. The van der Waals surface area contributed by atoms with Crippen LogP contribution in [0.2, 0.25) is 0 Å². The number of rotatable bonds is 5. The second-order valence-electron chi connectivity index (χ2n) is 5.28. The van der Waals surface area contributed by atoms with Gasteiger partial charge in [0.05, 0.1) is 12.7 Å². The molecular weight excluding hydrogens is 349 g/mol. The molecule has 24 heavy (non-hydrogen) atoms. The van der Waals surface area contributed by atoms with Gasteiger partial charge >= 0.3 is 15.5 Å². The number of carbonyl (C=O) groups is 1. The van der Waals surface area contributed by atoms with E-state index in [2.05, 4.69) is 4.98 Å². The molecule has 0 radical (unpaired) electrons. The first-order chi connectivity index (χ1) is 11.2. The largest absolute Gasteiger partial charge is 0.511 e. The van der Waals surface area contributed by atoms with Crippen molar-refractivity contribution in [2.75, 3.05) is 13.1 Å². The van der Waals surface area contributed by atoms with Crippen molar-refractivity contribution in [2.24, 2.45) is 0 Å². The van der Waals surface area contributed by atoms with Crippen molar-refractivity contribution in [3.05, 3.63) is 35.8 Å². The van der Waals surface area contributed by atoms with Gasteiger partial charge in [-0.3, -0.25) is 9.20 Å². The Morgan fingerprint density at radius 3 is 2.75 bits per heavy atom. The van der Waals surface area contributed by atoms with E-state index in [-0.39, 0.29) is 25.4 Å². The molecule has 2 aromatic heterocycles. The van der Waals surface area contributed by atoms with Gasteiger partial charge in [-0.25, -0.2) is 18.1 Å². The molecule has 7 nitrogen and oxygen atoms in total. The Hall–Kier alpha value is -2.14. The Morgan fingerprint density at radius 1 is 1.29 bits per heavy atom. The second-order valence-corrected chi connectivity index (χ2v) is 7.04. The van der Waals surface area contributed by atoms with Gasteiger partial charge < -0.3 is 4.90 Å². The molecule has 1 aliphatic heterocycles. The summed E-state index contributed by atoms with van der Waals surface area (Å²) in [5.41, 5.74) is -3.48. The second kappa shape index (κ2) is 5.74. The van der Waals surface area contributed by atoms with Crippen LogP contribution in [-0.2, 0) is 16.6 Å². The molecule has 0 saturated heterocycles. The molecule has 3 heterocycles. The van der Waals surface area contributed by atoms with Crippen molar-refractivity contribution < 1.29 is 26.4 Å². The number of carbonyl (C=O) groups excluding carboxylic acids is 1. The van der Waals surface area contributed by atoms with Crippen LogP contribution in [0.15, 0.2) is 24.4 Å². The Labute approximate surface area is 135 Å². The van der Waals surface area contributed by atoms with E-state index in [1.165, 1.54) is 15.8 Å². The maximum atomic E-state index is 12.4. The van der Waals surface area contributed by atoms with Crippen LogP contribution < -0.4 is 4.72 Å². The highest BCUT2D eigenvalue weighted by Crippen LogP contribution is 2.22. The van der Waals surface area contributed by atoms with E-state index in [0.717, 1.165) is 5.69 Å². The summed E-state index contributed by atoms with van der Waals surface area (Å²) in [6, 6.07) is 5.39. The van der Waals surface area contributed by atoms with Gasteiger partial charge in [0.2, 0.25) is 0 Å². The number of amides is 1. The molecule has 0 saturated carbocycles. The van der Waals surface area contributed by atoms with Gasteiger partial charge in [0.15, 0.2) is 0 Å². The van der Waals surface area contributed by atoms with Gasteiger partial charge in [-0.2, -0.15) is 13.2 Å². The van der Waals surface area contributed by atoms with Gasteiger partial charge in [-0.1, -0.05) is 6.07 Å². The average molecular weight is 362 g/mol. The van der Waals surface area contributed by atoms with Crippen LogP contribution in [0.25, 0.3) is 5.65 Å². The van der Waals surface area contributed by atoms with E-state index in [1.54, 1.807) is 16.5 Å². The van der Waals surface area contributed by atoms with Crippen molar-refractivity contribution >= 4 is 21.6 Å². The van der Waals surface area contributed by atoms with E-state index in [1.807, 2.05) is 6.07 Å². The molecule has 0 atom stereocenters. The first-order valence-corrected chi connectivity index (χ1v) is 8.49. The third-order valence-electron chi connectivity index (χ3n) is 3.67. The van der Waals surface area contributed by atoms with Gasteiger partial charge in [-0.15, -0.1) is 0 Å². The zero-order valence-corrected chi connectivity index (χ0v) is 13.1. The number of nitrogens with one attached hydrogen (secondary N) is 1. The molecule has 130 valence electrons. The fourth-order valence-electron chi connectivity index (χ4n) is 2.55. The zero-order valence-electron chi connectivity index (χ0n) is 12.2. The fraction of sp³-hybridized carbons (Fsp3) is 0.385. The first kappa shape index (κ1) is 16.7. The van der Waals surface area contributed by atoms with Crippen LogP contribution in [0.4, 0.5) is 13.2 Å². The number of nitrogens with zero attached hydrogens (tertiary/aromatic N) is 3. The van der Waals surface area contributed by atoms with E-state index in [4.69, 9.17) is 0 Å². The minimum atomic E-state index is -5.35. The summed E-state index contributed by atoms with van der Waals surface area (Å²) in [7, 11) is -5.35. The van der Waals surface area contributed by atoms with Gasteiger partial charge in [-0.05, 0) is 18.6 Å². The molecule has 1 aliphatic rings. The lowest BCUT2D eigenvalue weighted by Gasteiger charge is -2.27. The number of hydrogen-bond acceptors (Lipinski definition) is 4. The van der Waals surface area contributed by atoms with Gasteiger partial charge in [0, 0.05) is 18.8 Å². The highest BCUT2D eigenvalue weighted by atomic mass is 32.2. The monoisotopic (exact) mass is 362 g/mol. The standard InChI is InChI=1S/C13H13F3N4O3S/c14-13(15,16)24(22,23)18-5-2-6-19-8-9-3-1-4-11-17-7-10(12(19)21)20(9)11/h1,3-4,7,18H,2,5-6,8H2. The predicted octanol–water partition coefficient (Wildman–Crippen LogP) is 1.12. The number of aromatic nitrogens is 2. The van der Waals surface area contributed by atoms with Gasteiger partial charge in [0.25, 0.3) is 5.91 Å². The molecule has 0 aromatic carbocycles. The van der Waals surface area contributed by atoms with Crippen molar-refractivity contribution in [3.8, 4) is 0 Å². The molecule has 2 aromatic rings. The lowest BCUT2D eigenvalue weighted by atomic mass is 10.2. The Balaban J connectivity index is 1.63. The molecule has 3 rings (SSSR count). The molecular formula is C13H13F3N4O3S. The fourth-order valence-corrected chi connectivity index (χ4v) is 3.12. The number of halogens is 3. The van der Waals surface area contributed by atoms with Crippen molar-refractivity contribution in [1.82, 2.24) is 19.0 Å². The number of alkyl halides is 3. The summed E-state index contributed by atoms with van der Waals surface area (Å²) in [6.45, 7) is 0.00141. The SMILES string of the molecule is O=C1c2cnc3cccc(n23)CN1CCCNS(=O)(=O)C(F)(F)F. The third-order valence-corrected chi connectivity index (χ3v) is 4.86. The molecule has 0 bridgehead atoms. The summed E-state index contributed by atoms with van der Waals surface area (Å²) < 4.78 is 61.6. The Bertz CT molecular complexity index is 891. The minimum absolute atomic E-state index is 0.0607. The molecule has 1 amide bonds. The highest BCUT2D eigenvalue weighted by Gasteiger charge is 2.45. The maximum Gasteiger partial charge on any atom is 0.511 e. The Kier molecular flexibility index (Phi) is 4.00. The normalized spacial score (nSPS) is 15.3. The lowest BCUT2D eigenvalue weighted by Crippen LogP contribution is -2.40. The van der Waals surface area contributed by atoms with E-state index in [9.17, 15) is 26.4 Å². The zero-order chi connectivity index (χ0) is 17.5. The Morgan fingerprint density at radius 2 is 2.04 bits per heavy atom. The van der Waals surface area contributed by atoms with Crippen molar-refractivity contribution in [1.29, 1.82) is 0 Å². The van der Waals surface area contributed by atoms with Crippen LogP contribution in [0.3, 0.4) is 0 Å². The van der Waals surface area contributed by atoms with Crippen LogP contribution >= 0.6 is 0 Å².